The van der Waals surface area contributed by atoms with Crippen LogP contribution in [0.15, 0.2) is 18.2 Å². The van der Waals surface area contributed by atoms with Crippen molar-refractivity contribution in [1.29, 1.82) is 0 Å². The predicted octanol–water partition coefficient (Wildman–Crippen LogP) is 4.53. The second-order valence-electron chi connectivity index (χ2n) is 7.51. The van der Waals surface area contributed by atoms with Gasteiger partial charge in [0.25, 0.3) is 0 Å². The standard InChI is InChI=1S/C21H30N2O2/c1-3-5-6-15-7-9-16(10-8-15)21(25)22-18-11-12-19-17(13-18)14-20(24)23(19)4-2/h11-13,15-16H,3-10,14H2,1-2H3,(H,22,25). The number of anilines is 2. The Hall–Kier alpha value is -1.84. The molecular weight excluding hydrogens is 312 g/mol. The van der Waals surface area contributed by atoms with E-state index < -0.39 is 0 Å². The van der Waals surface area contributed by atoms with E-state index in [2.05, 4.69) is 12.2 Å². The molecule has 136 valence electrons. The maximum absolute atomic E-state index is 12.6. The molecule has 0 aromatic heterocycles. The van der Waals surface area contributed by atoms with E-state index in [0.29, 0.717) is 13.0 Å². The molecule has 0 radical (unpaired) electrons. The second-order valence-corrected chi connectivity index (χ2v) is 7.51. The Labute approximate surface area is 151 Å². The maximum Gasteiger partial charge on any atom is 0.231 e. The van der Waals surface area contributed by atoms with Gasteiger partial charge in [0.05, 0.1) is 6.42 Å². The van der Waals surface area contributed by atoms with Crippen molar-refractivity contribution in [2.45, 2.75) is 65.2 Å². The summed E-state index contributed by atoms with van der Waals surface area (Å²) in [6, 6.07) is 5.85. The molecule has 0 spiro atoms. The molecule has 1 aromatic carbocycles. The van der Waals surface area contributed by atoms with Crippen molar-refractivity contribution < 1.29 is 9.59 Å². The number of benzene rings is 1. The minimum Gasteiger partial charge on any atom is -0.326 e. The molecule has 2 amide bonds. The largest absolute Gasteiger partial charge is 0.326 e. The lowest BCUT2D eigenvalue weighted by atomic mass is 9.79. The van der Waals surface area contributed by atoms with Crippen LogP contribution in [-0.4, -0.2) is 18.4 Å². The van der Waals surface area contributed by atoms with Gasteiger partial charge in [-0.05, 0) is 62.3 Å². The molecule has 0 bridgehead atoms. The zero-order chi connectivity index (χ0) is 17.8. The molecule has 1 aromatic rings. The van der Waals surface area contributed by atoms with Crippen molar-refractivity contribution in [1.82, 2.24) is 0 Å². The Balaban J connectivity index is 1.56. The fraction of sp³-hybridized carbons (Fsp3) is 0.619. The number of likely N-dealkylation sites (N-methyl/N-ethyl adjacent to an activating group) is 1. The van der Waals surface area contributed by atoms with Crippen molar-refractivity contribution in [2.75, 3.05) is 16.8 Å². The molecule has 1 heterocycles. The number of carbonyl (C=O) groups excluding carboxylic acids is 2. The first-order valence-corrected chi connectivity index (χ1v) is 9.86. The van der Waals surface area contributed by atoms with Crippen molar-refractivity contribution in [2.24, 2.45) is 11.8 Å². The van der Waals surface area contributed by atoms with E-state index >= 15 is 0 Å². The summed E-state index contributed by atoms with van der Waals surface area (Å²) < 4.78 is 0. The monoisotopic (exact) mass is 342 g/mol. The molecule has 3 rings (SSSR count). The zero-order valence-corrected chi connectivity index (χ0v) is 15.5. The molecule has 1 N–H and O–H groups in total. The van der Waals surface area contributed by atoms with E-state index in [0.717, 1.165) is 35.7 Å². The number of rotatable bonds is 6. The Bertz CT molecular complexity index is 633. The highest BCUT2D eigenvalue weighted by molar-refractivity contribution is 6.02. The molecular formula is C21H30N2O2. The highest BCUT2D eigenvalue weighted by Gasteiger charge is 2.28. The molecule has 4 heteroatoms. The quantitative estimate of drug-likeness (QED) is 0.825. The molecule has 0 atom stereocenters. The van der Waals surface area contributed by atoms with Gasteiger partial charge in [0.15, 0.2) is 0 Å². The van der Waals surface area contributed by atoms with Crippen LogP contribution in [0.5, 0.6) is 0 Å². The molecule has 1 aliphatic heterocycles. The van der Waals surface area contributed by atoms with Gasteiger partial charge < -0.3 is 10.2 Å². The first-order chi connectivity index (χ1) is 12.1. The van der Waals surface area contributed by atoms with E-state index in [1.54, 1.807) is 4.90 Å². The Morgan fingerprint density at radius 1 is 1.20 bits per heavy atom. The minimum atomic E-state index is 0.139. The van der Waals surface area contributed by atoms with Crippen molar-refractivity contribution in [3.8, 4) is 0 Å². The van der Waals surface area contributed by atoms with Crippen LogP contribution in [0.2, 0.25) is 0 Å². The molecule has 4 nitrogen and oxygen atoms in total. The summed E-state index contributed by atoms with van der Waals surface area (Å²) in [6.07, 6.45) is 8.71. The molecule has 2 aliphatic rings. The summed E-state index contributed by atoms with van der Waals surface area (Å²) in [7, 11) is 0. The van der Waals surface area contributed by atoms with E-state index in [9.17, 15) is 9.59 Å². The highest BCUT2D eigenvalue weighted by atomic mass is 16.2. The number of amides is 2. The fourth-order valence-electron chi connectivity index (χ4n) is 4.26. The predicted molar refractivity (Wildman–Crippen MR) is 102 cm³/mol. The lowest BCUT2D eigenvalue weighted by Crippen LogP contribution is -2.27. The van der Waals surface area contributed by atoms with Gasteiger partial charge in [-0.3, -0.25) is 9.59 Å². The normalized spacial score (nSPS) is 22.8. The van der Waals surface area contributed by atoms with Crippen LogP contribution in [0.4, 0.5) is 11.4 Å². The lowest BCUT2D eigenvalue weighted by Gasteiger charge is -2.27. The van der Waals surface area contributed by atoms with Gasteiger partial charge in [-0.15, -0.1) is 0 Å². The number of hydrogen-bond acceptors (Lipinski definition) is 2. The number of carbonyl (C=O) groups is 2. The van der Waals surface area contributed by atoms with E-state index in [-0.39, 0.29) is 17.7 Å². The van der Waals surface area contributed by atoms with Crippen LogP contribution in [0, 0.1) is 11.8 Å². The average Bonchev–Trinajstić information content (AvgIpc) is 2.94. The first kappa shape index (κ1) is 18.0. The second kappa shape index (κ2) is 8.03. The zero-order valence-electron chi connectivity index (χ0n) is 15.5. The number of nitrogens with zero attached hydrogens (tertiary/aromatic N) is 1. The Morgan fingerprint density at radius 3 is 2.64 bits per heavy atom. The third-order valence-electron chi connectivity index (χ3n) is 5.78. The van der Waals surface area contributed by atoms with Crippen LogP contribution in [0.25, 0.3) is 0 Å². The van der Waals surface area contributed by atoms with Crippen LogP contribution < -0.4 is 10.2 Å². The van der Waals surface area contributed by atoms with Gasteiger partial charge in [0.2, 0.25) is 11.8 Å². The van der Waals surface area contributed by atoms with Gasteiger partial charge >= 0.3 is 0 Å². The summed E-state index contributed by atoms with van der Waals surface area (Å²) in [5, 5.41) is 3.08. The summed E-state index contributed by atoms with van der Waals surface area (Å²) in [5.74, 6) is 1.24. The summed E-state index contributed by atoms with van der Waals surface area (Å²) in [4.78, 5) is 26.4. The topological polar surface area (TPSA) is 49.4 Å². The van der Waals surface area contributed by atoms with Gasteiger partial charge in [-0.2, -0.15) is 0 Å². The fourth-order valence-corrected chi connectivity index (χ4v) is 4.26. The van der Waals surface area contributed by atoms with E-state index in [1.165, 1.54) is 32.1 Å². The van der Waals surface area contributed by atoms with Crippen molar-refractivity contribution in [3.05, 3.63) is 23.8 Å². The molecule has 0 saturated heterocycles. The lowest BCUT2D eigenvalue weighted by molar-refractivity contribution is -0.121. The van der Waals surface area contributed by atoms with Crippen LogP contribution >= 0.6 is 0 Å². The van der Waals surface area contributed by atoms with Gasteiger partial charge in [-0.25, -0.2) is 0 Å². The van der Waals surface area contributed by atoms with Crippen LogP contribution in [-0.2, 0) is 16.0 Å². The Morgan fingerprint density at radius 2 is 1.96 bits per heavy atom. The summed E-state index contributed by atoms with van der Waals surface area (Å²) >= 11 is 0. The molecule has 1 saturated carbocycles. The Kier molecular flexibility index (Phi) is 5.77. The van der Waals surface area contributed by atoms with Gasteiger partial charge in [0, 0.05) is 23.8 Å². The number of unbranched alkanes of at least 4 members (excludes halogenated alkanes) is 1. The summed E-state index contributed by atoms with van der Waals surface area (Å²) in [6.45, 7) is 4.92. The SMILES string of the molecule is CCCCC1CCC(C(=O)Nc2ccc3c(c2)CC(=O)N3CC)CC1. The van der Waals surface area contributed by atoms with E-state index in [4.69, 9.17) is 0 Å². The number of fused-ring (bicyclic) bond motifs is 1. The molecule has 0 unspecified atom stereocenters. The van der Waals surface area contributed by atoms with E-state index in [1.807, 2.05) is 25.1 Å². The third-order valence-corrected chi connectivity index (χ3v) is 5.78. The maximum atomic E-state index is 12.6. The number of nitrogens with one attached hydrogen (secondary N) is 1. The van der Waals surface area contributed by atoms with Crippen LogP contribution in [0.1, 0.15) is 64.4 Å². The highest BCUT2D eigenvalue weighted by Crippen LogP contribution is 2.34. The summed E-state index contributed by atoms with van der Waals surface area (Å²) in [5.41, 5.74) is 2.83. The molecule has 1 aliphatic carbocycles. The smallest absolute Gasteiger partial charge is 0.231 e. The molecule has 25 heavy (non-hydrogen) atoms. The molecule has 1 fully saturated rings. The van der Waals surface area contributed by atoms with Gasteiger partial charge in [-0.1, -0.05) is 26.2 Å². The first-order valence-electron chi connectivity index (χ1n) is 9.86. The van der Waals surface area contributed by atoms with Crippen LogP contribution in [0.3, 0.4) is 0 Å². The van der Waals surface area contributed by atoms with Gasteiger partial charge in [0.1, 0.15) is 0 Å². The van der Waals surface area contributed by atoms with Crippen molar-refractivity contribution >= 4 is 23.2 Å². The minimum absolute atomic E-state index is 0.139. The average molecular weight is 342 g/mol. The third kappa shape index (κ3) is 4.05. The van der Waals surface area contributed by atoms with Crippen molar-refractivity contribution in [3.63, 3.8) is 0 Å². The number of hydrogen-bond donors (Lipinski definition) is 1.